The minimum Gasteiger partial charge on any atom is -0.478 e. The summed E-state index contributed by atoms with van der Waals surface area (Å²) < 4.78 is 13.4. The highest BCUT2D eigenvalue weighted by atomic mass is 19.1. The summed E-state index contributed by atoms with van der Waals surface area (Å²) in [7, 11) is 0. The average Bonchev–Trinajstić information content (AvgIpc) is 2.28. The number of anilines is 1. The molecule has 1 aromatic rings. The predicted octanol–water partition coefficient (Wildman–Crippen LogP) is 2.61. The Kier molecular flexibility index (Phi) is 5.05. The number of aromatic carboxylic acids is 1. The molecule has 19 heavy (non-hydrogen) atoms. The Morgan fingerprint density at radius 1 is 1.53 bits per heavy atom. The molecule has 0 aliphatic heterocycles. The van der Waals surface area contributed by atoms with Gasteiger partial charge in [0.2, 0.25) is 0 Å². The van der Waals surface area contributed by atoms with Gasteiger partial charge in [0.05, 0.1) is 5.56 Å². The lowest BCUT2D eigenvalue weighted by Gasteiger charge is -2.13. The Hall–Kier alpha value is -2.37. The lowest BCUT2D eigenvalue weighted by atomic mass is 10.2. The van der Waals surface area contributed by atoms with Crippen molar-refractivity contribution in [2.24, 2.45) is 0 Å². The van der Waals surface area contributed by atoms with Crippen LogP contribution >= 0.6 is 0 Å². The van der Waals surface area contributed by atoms with Crippen LogP contribution < -0.4 is 10.6 Å². The van der Waals surface area contributed by atoms with Crippen molar-refractivity contribution in [3.05, 3.63) is 42.2 Å². The molecule has 0 bridgehead atoms. The molecule has 0 saturated carbocycles. The lowest BCUT2D eigenvalue weighted by Crippen LogP contribution is -2.35. The first-order valence-electron chi connectivity index (χ1n) is 5.65. The molecule has 0 aromatic heterocycles. The van der Waals surface area contributed by atoms with Crippen LogP contribution in [-0.4, -0.2) is 23.1 Å². The number of carbonyl (C=O) groups is 2. The minimum absolute atomic E-state index is 0.0966. The first-order chi connectivity index (χ1) is 8.93. The third-order valence-corrected chi connectivity index (χ3v) is 2.36. The summed E-state index contributed by atoms with van der Waals surface area (Å²) in [6.45, 7) is 5.35. The number of amides is 2. The quantitative estimate of drug-likeness (QED) is 0.717. The van der Waals surface area contributed by atoms with Gasteiger partial charge in [-0.2, -0.15) is 0 Å². The summed E-state index contributed by atoms with van der Waals surface area (Å²) in [4.78, 5) is 22.2. The van der Waals surface area contributed by atoms with Gasteiger partial charge in [-0.15, -0.1) is 6.58 Å². The maximum atomic E-state index is 13.4. The highest BCUT2D eigenvalue weighted by Gasteiger charge is 2.12. The van der Waals surface area contributed by atoms with Crippen LogP contribution in [0.1, 0.15) is 23.7 Å². The molecular formula is C13H15FN2O3. The Morgan fingerprint density at radius 3 is 2.74 bits per heavy atom. The summed E-state index contributed by atoms with van der Waals surface area (Å²) in [5.41, 5.74) is -0.253. The third kappa shape index (κ3) is 4.42. The van der Waals surface area contributed by atoms with Crippen LogP contribution in [0.15, 0.2) is 30.9 Å². The molecule has 1 rings (SSSR count). The zero-order valence-corrected chi connectivity index (χ0v) is 10.4. The monoisotopic (exact) mass is 266 g/mol. The number of urea groups is 1. The maximum absolute atomic E-state index is 13.4. The fraction of sp³-hybridized carbons (Fsp3) is 0.231. The molecule has 3 N–H and O–H groups in total. The fourth-order valence-electron chi connectivity index (χ4n) is 1.47. The fourth-order valence-corrected chi connectivity index (χ4v) is 1.47. The first kappa shape index (κ1) is 14.7. The van der Waals surface area contributed by atoms with Crippen molar-refractivity contribution in [1.29, 1.82) is 0 Å². The van der Waals surface area contributed by atoms with E-state index in [1.165, 1.54) is 6.07 Å². The number of hydrogen-bond acceptors (Lipinski definition) is 2. The molecule has 0 saturated heterocycles. The van der Waals surface area contributed by atoms with E-state index in [0.717, 1.165) is 12.1 Å². The topological polar surface area (TPSA) is 78.4 Å². The van der Waals surface area contributed by atoms with E-state index in [0.29, 0.717) is 6.42 Å². The van der Waals surface area contributed by atoms with Gasteiger partial charge in [-0.3, -0.25) is 0 Å². The van der Waals surface area contributed by atoms with Crippen molar-refractivity contribution in [2.75, 3.05) is 5.32 Å². The van der Waals surface area contributed by atoms with E-state index >= 15 is 0 Å². The zero-order chi connectivity index (χ0) is 14.4. The Bertz CT molecular complexity index is 503. The molecule has 0 heterocycles. The number of hydrogen-bond donors (Lipinski definition) is 3. The van der Waals surface area contributed by atoms with E-state index in [1.54, 1.807) is 13.0 Å². The van der Waals surface area contributed by atoms with Gasteiger partial charge < -0.3 is 15.7 Å². The van der Waals surface area contributed by atoms with Gasteiger partial charge in [-0.1, -0.05) is 6.08 Å². The van der Waals surface area contributed by atoms with Gasteiger partial charge in [0.1, 0.15) is 5.82 Å². The number of rotatable bonds is 5. The van der Waals surface area contributed by atoms with Crippen LogP contribution in [0.3, 0.4) is 0 Å². The van der Waals surface area contributed by atoms with Crippen LogP contribution in [0.25, 0.3) is 0 Å². The minimum atomic E-state index is -1.35. The summed E-state index contributed by atoms with van der Waals surface area (Å²) in [6.07, 6.45) is 2.28. The molecular weight excluding hydrogens is 251 g/mol. The van der Waals surface area contributed by atoms with Crippen LogP contribution in [-0.2, 0) is 0 Å². The standard InChI is InChI=1S/C13H15FN2O3/c1-3-4-8(2)15-13(19)16-9-5-6-10(12(17)18)11(14)7-9/h3,5-8H,1,4H2,2H3,(H,17,18)(H2,15,16,19). The van der Waals surface area contributed by atoms with Gasteiger partial charge in [-0.05, 0) is 31.5 Å². The summed E-state index contributed by atoms with van der Waals surface area (Å²) in [5.74, 6) is -2.25. The normalized spacial score (nSPS) is 11.5. The smallest absolute Gasteiger partial charge is 0.338 e. The third-order valence-electron chi connectivity index (χ3n) is 2.36. The van der Waals surface area contributed by atoms with Crippen molar-refractivity contribution in [3.8, 4) is 0 Å². The maximum Gasteiger partial charge on any atom is 0.338 e. The van der Waals surface area contributed by atoms with Gasteiger partial charge >= 0.3 is 12.0 Å². The molecule has 1 atom stereocenters. The number of nitrogens with one attached hydrogen (secondary N) is 2. The van der Waals surface area contributed by atoms with E-state index in [4.69, 9.17) is 5.11 Å². The Balaban J connectivity index is 2.67. The van der Waals surface area contributed by atoms with E-state index in [-0.39, 0.29) is 11.7 Å². The summed E-state index contributed by atoms with van der Waals surface area (Å²) >= 11 is 0. The number of carboxylic acid groups (broad SMARTS) is 1. The van der Waals surface area contributed by atoms with Crippen molar-refractivity contribution in [3.63, 3.8) is 0 Å². The molecule has 0 aliphatic carbocycles. The summed E-state index contributed by atoms with van der Waals surface area (Å²) in [5, 5.41) is 13.7. The van der Waals surface area contributed by atoms with Gasteiger partial charge in [0.25, 0.3) is 0 Å². The molecule has 102 valence electrons. The predicted molar refractivity (Wildman–Crippen MR) is 69.8 cm³/mol. The van der Waals surface area contributed by atoms with Gasteiger partial charge in [0.15, 0.2) is 0 Å². The molecule has 0 fully saturated rings. The molecule has 5 nitrogen and oxygen atoms in total. The molecule has 0 spiro atoms. The van der Waals surface area contributed by atoms with Gasteiger partial charge in [-0.25, -0.2) is 14.0 Å². The molecule has 1 unspecified atom stereocenters. The van der Waals surface area contributed by atoms with Crippen molar-refractivity contribution in [2.45, 2.75) is 19.4 Å². The van der Waals surface area contributed by atoms with Crippen molar-refractivity contribution >= 4 is 17.7 Å². The van der Waals surface area contributed by atoms with Crippen LogP contribution in [0.2, 0.25) is 0 Å². The highest BCUT2D eigenvalue weighted by molar-refractivity contribution is 5.91. The second kappa shape index (κ2) is 6.53. The first-order valence-corrected chi connectivity index (χ1v) is 5.65. The molecule has 1 aromatic carbocycles. The second-order valence-electron chi connectivity index (χ2n) is 4.02. The van der Waals surface area contributed by atoms with E-state index < -0.39 is 23.4 Å². The summed E-state index contributed by atoms with van der Waals surface area (Å²) in [6, 6.07) is 2.80. The van der Waals surface area contributed by atoms with Gasteiger partial charge in [0, 0.05) is 11.7 Å². The highest BCUT2D eigenvalue weighted by Crippen LogP contribution is 2.14. The number of benzene rings is 1. The number of carbonyl (C=O) groups excluding carboxylic acids is 1. The van der Waals surface area contributed by atoms with E-state index in [2.05, 4.69) is 17.2 Å². The van der Waals surface area contributed by atoms with Crippen molar-refractivity contribution < 1.29 is 19.1 Å². The largest absolute Gasteiger partial charge is 0.478 e. The van der Waals surface area contributed by atoms with E-state index in [9.17, 15) is 14.0 Å². The average molecular weight is 266 g/mol. The van der Waals surface area contributed by atoms with Crippen LogP contribution in [0.5, 0.6) is 0 Å². The Labute approximate surface area is 110 Å². The van der Waals surface area contributed by atoms with Crippen LogP contribution in [0.4, 0.5) is 14.9 Å². The molecule has 0 radical (unpaired) electrons. The second-order valence-corrected chi connectivity index (χ2v) is 4.02. The zero-order valence-electron chi connectivity index (χ0n) is 10.4. The Morgan fingerprint density at radius 2 is 2.21 bits per heavy atom. The van der Waals surface area contributed by atoms with Crippen molar-refractivity contribution in [1.82, 2.24) is 5.32 Å². The molecule has 2 amide bonds. The van der Waals surface area contributed by atoms with E-state index in [1.807, 2.05) is 0 Å². The molecule has 0 aliphatic rings. The number of halogens is 1. The molecule has 6 heteroatoms. The lowest BCUT2D eigenvalue weighted by molar-refractivity contribution is 0.0692. The SMILES string of the molecule is C=CCC(C)NC(=O)Nc1ccc(C(=O)O)c(F)c1. The number of carboxylic acids is 1. The van der Waals surface area contributed by atoms with Crippen LogP contribution in [0, 0.1) is 5.82 Å².